The largest absolute Gasteiger partial charge is 0.481 e. The molecule has 1 heterocycles. The number of hydrogen-bond acceptors (Lipinski definition) is 3. The van der Waals surface area contributed by atoms with E-state index in [1.807, 2.05) is 16.8 Å². The highest BCUT2D eigenvalue weighted by Crippen LogP contribution is 2.05. The van der Waals surface area contributed by atoms with Crippen LogP contribution in [0.1, 0.15) is 18.4 Å². The molecule has 0 spiro atoms. The highest BCUT2D eigenvalue weighted by atomic mass is 32.1. The molecule has 0 saturated heterocycles. The zero-order valence-electron chi connectivity index (χ0n) is 9.44. The van der Waals surface area contributed by atoms with E-state index in [0.29, 0.717) is 19.5 Å². The van der Waals surface area contributed by atoms with Crippen molar-refractivity contribution in [3.05, 3.63) is 22.4 Å². The van der Waals surface area contributed by atoms with Crippen molar-refractivity contribution >= 4 is 23.3 Å². The first kappa shape index (κ1) is 13.5. The first-order valence-electron chi connectivity index (χ1n) is 5.43. The molecule has 3 N–H and O–H groups in total. The van der Waals surface area contributed by atoms with Crippen LogP contribution < -0.4 is 10.6 Å². The molecule has 0 aliphatic heterocycles. The van der Waals surface area contributed by atoms with Crippen molar-refractivity contribution in [2.45, 2.75) is 19.3 Å². The van der Waals surface area contributed by atoms with Crippen molar-refractivity contribution in [1.82, 2.24) is 10.6 Å². The van der Waals surface area contributed by atoms with Crippen molar-refractivity contribution in [2.75, 3.05) is 13.1 Å². The van der Waals surface area contributed by atoms with E-state index < -0.39 is 5.97 Å². The van der Waals surface area contributed by atoms with Gasteiger partial charge in [-0.25, -0.2) is 4.79 Å². The Morgan fingerprint density at radius 2 is 2.06 bits per heavy atom. The fourth-order valence-corrected chi connectivity index (χ4v) is 1.96. The third-order valence-electron chi connectivity index (χ3n) is 2.13. The lowest BCUT2D eigenvalue weighted by Crippen LogP contribution is -2.37. The number of aliphatic carboxylic acids is 1. The molecule has 0 aliphatic rings. The second-order valence-electron chi connectivity index (χ2n) is 3.56. The van der Waals surface area contributed by atoms with Crippen LogP contribution in [0.3, 0.4) is 0 Å². The molecule has 0 radical (unpaired) electrons. The van der Waals surface area contributed by atoms with Gasteiger partial charge in [0.15, 0.2) is 0 Å². The fourth-order valence-electron chi connectivity index (χ4n) is 1.26. The van der Waals surface area contributed by atoms with Crippen molar-refractivity contribution in [2.24, 2.45) is 0 Å². The zero-order valence-corrected chi connectivity index (χ0v) is 10.3. The Kier molecular flexibility index (Phi) is 6.09. The summed E-state index contributed by atoms with van der Waals surface area (Å²) in [6.45, 7) is 0.970. The van der Waals surface area contributed by atoms with Gasteiger partial charge < -0.3 is 15.7 Å². The van der Waals surface area contributed by atoms with E-state index in [-0.39, 0.29) is 12.5 Å². The molecule has 0 bridgehead atoms. The quantitative estimate of drug-likeness (QED) is 0.646. The van der Waals surface area contributed by atoms with Gasteiger partial charge in [0.05, 0.1) is 0 Å². The number of amides is 2. The Balaban J connectivity index is 1.99. The molecule has 6 heteroatoms. The SMILES string of the molecule is O=C(O)CCCNC(=O)NCCc1ccsc1. The van der Waals surface area contributed by atoms with Crippen LogP contribution in [0.4, 0.5) is 4.79 Å². The average Bonchev–Trinajstić information content (AvgIpc) is 2.77. The summed E-state index contributed by atoms with van der Waals surface area (Å²) in [5.41, 5.74) is 1.21. The fraction of sp³-hybridized carbons (Fsp3) is 0.455. The number of rotatable bonds is 7. The van der Waals surface area contributed by atoms with E-state index in [1.54, 1.807) is 11.3 Å². The Morgan fingerprint density at radius 3 is 2.71 bits per heavy atom. The summed E-state index contributed by atoms with van der Waals surface area (Å²) in [5.74, 6) is -0.843. The van der Waals surface area contributed by atoms with Gasteiger partial charge in [-0.2, -0.15) is 11.3 Å². The summed E-state index contributed by atoms with van der Waals surface area (Å²) in [6.07, 6.45) is 1.34. The zero-order chi connectivity index (χ0) is 12.5. The predicted octanol–water partition coefficient (Wildman–Crippen LogP) is 1.45. The second-order valence-corrected chi connectivity index (χ2v) is 4.34. The van der Waals surface area contributed by atoms with E-state index in [4.69, 9.17) is 5.11 Å². The first-order valence-corrected chi connectivity index (χ1v) is 6.37. The number of carbonyl (C=O) groups excluding carboxylic acids is 1. The average molecular weight is 256 g/mol. The van der Waals surface area contributed by atoms with Crippen LogP contribution in [0.2, 0.25) is 0 Å². The Bertz CT molecular complexity index is 352. The van der Waals surface area contributed by atoms with Crippen LogP contribution in [-0.4, -0.2) is 30.2 Å². The number of nitrogens with one attached hydrogen (secondary N) is 2. The van der Waals surface area contributed by atoms with Gasteiger partial charge in [-0.3, -0.25) is 4.79 Å². The molecular weight excluding hydrogens is 240 g/mol. The second kappa shape index (κ2) is 7.67. The van der Waals surface area contributed by atoms with Crippen LogP contribution in [0.25, 0.3) is 0 Å². The van der Waals surface area contributed by atoms with Crippen LogP contribution >= 0.6 is 11.3 Å². The third kappa shape index (κ3) is 6.57. The maximum atomic E-state index is 11.2. The molecule has 0 unspecified atom stereocenters. The van der Waals surface area contributed by atoms with Crippen LogP contribution in [-0.2, 0) is 11.2 Å². The van der Waals surface area contributed by atoms with Crippen molar-refractivity contribution in [3.8, 4) is 0 Å². The van der Waals surface area contributed by atoms with Gasteiger partial charge in [0.25, 0.3) is 0 Å². The van der Waals surface area contributed by atoms with E-state index >= 15 is 0 Å². The topological polar surface area (TPSA) is 78.4 Å². The normalized spacial score (nSPS) is 9.88. The maximum absolute atomic E-state index is 11.2. The smallest absolute Gasteiger partial charge is 0.314 e. The van der Waals surface area contributed by atoms with Crippen molar-refractivity contribution < 1.29 is 14.7 Å². The van der Waals surface area contributed by atoms with Crippen LogP contribution in [0.5, 0.6) is 0 Å². The van der Waals surface area contributed by atoms with Crippen molar-refractivity contribution in [3.63, 3.8) is 0 Å². The first-order chi connectivity index (χ1) is 8.18. The van der Waals surface area contributed by atoms with Crippen LogP contribution in [0.15, 0.2) is 16.8 Å². The van der Waals surface area contributed by atoms with Gasteiger partial charge in [0, 0.05) is 19.5 Å². The lowest BCUT2D eigenvalue weighted by atomic mass is 10.2. The molecule has 0 aliphatic carbocycles. The molecular formula is C11H16N2O3S. The lowest BCUT2D eigenvalue weighted by Gasteiger charge is -2.06. The Labute approximate surface area is 104 Å². The van der Waals surface area contributed by atoms with Gasteiger partial charge in [-0.15, -0.1) is 0 Å². The molecule has 0 atom stereocenters. The number of carbonyl (C=O) groups is 2. The van der Waals surface area contributed by atoms with Gasteiger partial charge in [-0.1, -0.05) is 0 Å². The van der Waals surface area contributed by atoms with E-state index in [9.17, 15) is 9.59 Å². The van der Waals surface area contributed by atoms with Crippen LogP contribution in [0, 0.1) is 0 Å². The summed E-state index contributed by atoms with van der Waals surface area (Å²) < 4.78 is 0. The van der Waals surface area contributed by atoms with Gasteiger partial charge >= 0.3 is 12.0 Å². The molecule has 5 nitrogen and oxygen atoms in total. The van der Waals surface area contributed by atoms with E-state index in [1.165, 1.54) is 5.56 Å². The maximum Gasteiger partial charge on any atom is 0.314 e. The third-order valence-corrected chi connectivity index (χ3v) is 2.86. The minimum Gasteiger partial charge on any atom is -0.481 e. The molecule has 1 aromatic heterocycles. The molecule has 2 amide bonds. The molecule has 94 valence electrons. The molecule has 0 saturated carbocycles. The van der Waals surface area contributed by atoms with Gasteiger partial charge in [0.1, 0.15) is 0 Å². The van der Waals surface area contributed by atoms with E-state index in [2.05, 4.69) is 10.6 Å². The highest BCUT2D eigenvalue weighted by molar-refractivity contribution is 7.07. The van der Waals surface area contributed by atoms with Gasteiger partial charge in [0.2, 0.25) is 0 Å². The molecule has 1 aromatic rings. The Morgan fingerprint density at radius 1 is 1.29 bits per heavy atom. The minimum absolute atomic E-state index is 0.0786. The monoisotopic (exact) mass is 256 g/mol. The number of hydrogen-bond donors (Lipinski definition) is 3. The predicted molar refractivity (Wildman–Crippen MR) is 66.3 cm³/mol. The van der Waals surface area contributed by atoms with Gasteiger partial charge in [-0.05, 0) is 35.2 Å². The molecule has 0 aromatic carbocycles. The summed E-state index contributed by atoms with van der Waals surface area (Å²) in [6, 6.07) is 1.78. The number of carboxylic acids is 1. The molecule has 17 heavy (non-hydrogen) atoms. The molecule has 1 rings (SSSR count). The lowest BCUT2D eigenvalue weighted by molar-refractivity contribution is -0.137. The minimum atomic E-state index is -0.843. The summed E-state index contributed by atoms with van der Waals surface area (Å²) in [7, 11) is 0. The number of thiophene rings is 1. The summed E-state index contributed by atoms with van der Waals surface area (Å²) in [5, 5.41) is 17.8. The highest BCUT2D eigenvalue weighted by Gasteiger charge is 2.01. The number of carboxylic acid groups (broad SMARTS) is 1. The number of urea groups is 1. The standard InChI is InChI=1S/C11H16N2O3S/c14-10(15)2-1-5-12-11(16)13-6-3-9-4-7-17-8-9/h4,7-8H,1-3,5-6H2,(H,14,15)(H2,12,13,16). The van der Waals surface area contributed by atoms with E-state index in [0.717, 1.165) is 6.42 Å². The van der Waals surface area contributed by atoms with Crippen molar-refractivity contribution in [1.29, 1.82) is 0 Å². The summed E-state index contributed by atoms with van der Waals surface area (Å²) >= 11 is 1.63. The molecule has 0 fully saturated rings. The Hall–Kier alpha value is -1.56. The summed E-state index contributed by atoms with van der Waals surface area (Å²) in [4.78, 5) is 21.5.